The van der Waals surface area contributed by atoms with Gasteiger partial charge in [0.2, 0.25) is 0 Å². The zero-order chi connectivity index (χ0) is 11.5. The highest BCUT2D eigenvalue weighted by Crippen LogP contribution is 2.34. The molecule has 1 atom stereocenters. The molecule has 1 fully saturated rings. The Hall–Kier alpha value is 0.0300. The van der Waals surface area contributed by atoms with Crippen molar-refractivity contribution in [1.82, 2.24) is 10.2 Å². The topological polar surface area (TPSA) is 15.3 Å². The maximum absolute atomic E-state index is 13.2. The van der Waals surface area contributed by atoms with Crippen LogP contribution in [0.1, 0.15) is 16.5 Å². The van der Waals surface area contributed by atoms with Crippen LogP contribution in [0.2, 0.25) is 0 Å². The van der Waals surface area contributed by atoms with Crippen LogP contribution in [0.3, 0.4) is 0 Å². The maximum Gasteiger partial charge on any atom is 0.110 e. The molecule has 90 valence electrons. The van der Waals surface area contributed by atoms with E-state index in [9.17, 15) is 4.39 Å². The zero-order valence-electron chi connectivity index (χ0n) is 9.30. The van der Waals surface area contributed by atoms with Crippen molar-refractivity contribution in [2.24, 2.45) is 0 Å². The summed E-state index contributed by atoms with van der Waals surface area (Å²) in [6.45, 7) is 5.54. The van der Waals surface area contributed by atoms with Gasteiger partial charge in [0.15, 0.2) is 0 Å². The molecule has 2 nitrogen and oxygen atoms in total. The van der Waals surface area contributed by atoms with Crippen molar-refractivity contribution in [2.75, 3.05) is 32.9 Å². The lowest BCUT2D eigenvalue weighted by atomic mass is 10.2. The third-order valence-electron chi connectivity index (χ3n) is 2.94. The van der Waals surface area contributed by atoms with Gasteiger partial charge in [0.05, 0.1) is 9.83 Å². The van der Waals surface area contributed by atoms with E-state index >= 15 is 0 Å². The second-order valence-corrected chi connectivity index (χ2v) is 6.46. The molecule has 1 saturated heterocycles. The number of nitrogens with zero attached hydrogens (tertiary/aromatic N) is 1. The molecular weight excluding hydrogens is 291 g/mol. The first kappa shape index (κ1) is 12.5. The average Bonchev–Trinajstić information content (AvgIpc) is 2.61. The Bertz CT molecular complexity index is 330. The molecule has 1 aromatic heterocycles. The Morgan fingerprint density at radius 2 is 2.25 bits per heavy atom. The normalized spacial score (nSPS) is 19.9. The number of thiophene rings is 1. The van der Waals surface area contributed by atoms with Gasteiger partial charge >= 0.3 is 0 Å². The van der Waals surface area contributed by atoms with Crippen molar-refractivity contribution >= 4 is 27.3 Å². The highest BCUT2D eigenvalue weighted by Gasteiger charge is 2.23. The highest BCUT2D eigenvalue weighted by atomic mass is 79.9. The van der Waals surface area contributed by atoms with E-state index in [1.54, 1.807) is 11.3 Å². The van der Waals surface area contributed by atoms with E-state index in [1.165, 1.54) is 5.56 Å². The van der Waals surface area contributed by atoms with Gasteiger partial charge in [-0.2, -0.15) is 0 Å². The van der Waals surface area contributed by atoms with E-state index in [4.69, 9.17) is 0 Å². The van der Waals surface area contributed by atoms with Crippen LogP contribution < -0.4 is 5.32 Å². The number of hydrogen-bond acceptors (Lipinski definition) is 3. The summed E-state index contributed by atoms with van der Waals surface area (Å²) >= 11 is 5.16. The molecule has 0 aromatic carbocycles. The number of aryl methyl sites for hydroxylation is 1. The van der Waals surface area contributed by atoms with Crippen LogP contribution in [0.5, 0.6) is 0 Å². The molecule has 16 heavy (non-hydrogen) atoms. The van der Waals surface area contributed by atoms with Gasteiger partial charge in [-0.15, -0.1) is 11.3 Å². The maximum atomic E-state index is 13.2. The molecule has 2 rings (SSSR count). The molecule has 1 aliphatic rings. The summed E-state index contributed by atoms with van der Waals surface area (Å²) in [5.41, 5.74) is 1.20. The van der Waals surface area contributed by atoms with Crippen LogP contribution in [-0.4, -0.2) is 37.8 Å². The molecule has 1 aliphatic heterocycles. The molecule has 1 aromatic rings. The molecule has 0 spiro atoms. The fourth-order valence-electron chi connectivity index (χ4n) is 2.00. The third-order valence-corrected chi connectivity index (χ3v) is 5.18. The predicted octanol–water partition coefficient (Wildman–Crippen LogP) is 2.73. The van der Waals surface area contributed by atoms with Gasteiger partial charge in [-0.1, -0.05) is 0 Å². The molecule has 5 heteroatoms. The summed E-state index contributed by atoms with van der Waals surface area (Å²) in [7, 11) is 0. The van der Waals surface area contributed by atoms with Gasteiger partial charge in [-0.25, -0.2) is 4.39 Å². The molecule has 0 aliphatic carbocycles. The average molecular weight is 307 g/mol. The lowest BCUT2D eigenvalue weighted by Crippen LogP contribution is -2.45. The van der Waals surface area contributed by atoms with Gasteiger partial charge in [-0.3, -0.25) is 4.90 Å². The molecule has 1 N–H and O–H groups in total. The first-order valence-electron chi connectivity index (χ1n) is 5.49. The standard InChI is InChI=1S/C11H16BrFN2S/c1-8-6-10(16-11(8)12)9(7-13)15-4-2-14-3-5-15/h6,9,14H,2-5,7H2,1H3/t9-/m1/s1. The van der Waals surface area contributed by atoms with Crippen molar-refractivity contribution in [3.05, 3.63) is 20.3 Å². The monoisotopic (exact) mass is 306 g/mol. The van der Waals surface area contributed by atoms with E-state index in [1.807, 2.05) is 0 Å². The number of piperazine rings is 1. The predicted molar refractivity (Wildman–Crippen MR) is 69.9 cm³/mol. The van der Waals surface area contributed by atoms with Crippen LogP contribution in [0, 0.1) is 6.92 Å². The first-order valence-corrected chi connectivity index (χ1v) is 7.10. The van der Waals surface area contributed by atoms with Crippen LogP contribution in [0.15, 0.2) is 9.85 Å². The lowest BCUT2D eigenvalue weighted by molar-refractivity contribution is 0.150. The van der Waals surface area contributed by atoms with Crippen molar-refractivity contribution < 1.29 is 4.39 Å². The Balaban J connectivity index is 2.14. The molecular formula is C11H16BrFN2S. The second kappa shape index (κ2) is 5.58. The molecule has 0 radical (unpaired) electrons. The van der Waals surface area contributed by atoms with E-state index in [0.717, 1.165) is 34.8 Å². The minimum Gasteiger partial charge on any atom is -0.314 e. The molecule has 0 bridgehead atoms. The molecule has 0 amide bonds. The highest BCUT2D eigenvalue weighted by molar-refractivity contribution is 9.11. The SMILES string of the molecule is Cc1cc([C@@H](CF)N2CCNCC2)sc1Br. The van der Waals surface area contributed by atoms with Crippen LogP contribution in [0.4, 0.5) is 4.39 Å². The number of alkyl halides is 1. The minimum atomic E-state index is -0.299. The Morgan fingerprint density at radius 3 is 2.75 bits per heavy atom. The molecule has 0 unspecified atom stereocenters. The van der Waals surface area contributed by atoms with Crippen LogP contribution in [0.25, 0.3) is 0 Å². The lowest BCUT2D eigenvalue weighted by Gasteiger charge is -2.32. The van der Waals surface area contributed by atoms with Crippen molar-refractivity contribution in [3.8, 4) is 0 Å². The van der Waals surface area contributed by atoms with Gasteiger partial charge in [0.1, 0.15) is 6.67 Å². The number of halogens is 2. The van der Waals surface area contributed by atoms with Gasteiger partial charge in [0, 0.05) is 31.1 Å². The summed E-state index contributed by atoms with van der Waals surface area (Å²) in [4.78, 5) is 3.36. The van der Waals surface area contributed by atoms with Crippen molar-refractivity contribution in [1.29, 1.82) is 0 Å². The van der Waals surface area contributed by atoms with E-state index < -0.39 is 0 Å². The summed E-state index contributed by atoms with van der Waals surface area (Å²) in [5.74, 6) is 0. The number of rotatable bonds is 3. The second-order valence-electron chi connectivity index (χ2n) is 4.06. The van der Waals surface area contributed by atoms with E-state index in [2.05, 4.69) is 39.1 Å². The Kier molecular flexibility index (Phi) is 4.35. The molecule has 0 saturated carbocycles. The van der Waals surface area contributed by atoms with Crippen LogP contribution in [-0.2, 0) is 0 Å². The van der Waals surface area contributed by atoms with Crippen molar-refractivity contribution in [2.45, 2.75) is 13.0 Å². The van der Waals surface area contributed by atoms with Crippen molar-refractivity contribution in [3.63, 3.8) is 0 Å². The summed E-state index contributed by atoms with van der Waals surface area (Å²) in [6.07, 6.45) is 0. The summed E-state index contributed by atoms with van der Waals surface area (Å²) in [6, 6.07) is 2.04. The summed E-state index contributed by atoms with van der Waals surface area (Å²) < 4.78 is 14.3. The quantitative estimate of drug-likeness (QED) is 0.924. The van der Waals surface area contributed by atoms with Gasteiger partial charge < -0.3 is 5.32 Å². The Labute approximate surface area is 108 Å². The van der Waals surface area contributed by atoms with Gasteiger partial charge in [-0.05, 0) is 34.5 Å². The molecule has 2 heterocycles. The van der Waals surface area contributed by atoms with Crippen LogP contribution >= 0.6 is 27.3 Å². The third kappa shape index (κ3) is 2.64. The zero-order valence-corrected chi connectivity index (χ0v) is 11.7. The number of hydrogen-bond donors (Lipinski definition) is 1. The number of nitrogens with one attached hydrogen (secondary N) is 1. The minimum absolute atomic E-state index is 0.0582. The largest absolute Gasteiger partial charge is 0.314 e. The first-order chi connectivity index (χ1) is 7.72. The fraction of sp³-hybridized carbons (Fsp3) is 0.636. The Morgan fingerprint density at radius 1 is 1.56 bits per heavy atom. The van der Waals surface area contributed by atoms with E-state index in [-0.39, 0.29) is 12.7 Å². The smallest absolute Gasteiger partial charge is 0.110 e. The fourth-order valence-corrected chi connectivity index (χ4v) is 3.68. The van der Waals surface area contributed by atoms with E-state index in [0.29, 0.717) is 0 Å². The summed E-state index contributed by atoms with van der Waals surface area (Å²) in [5, 5.41) is 3.29. The van der Waals surface area contributed by atoms with Gasteiger partial charge in [0.25, 0.3) is 0 Å².